The van der Waals surface area contributed by atoms with Gasteiger partial charge in [-0.3, -0.25) is 4.79 Å². The van der Waals surface area contributed by atoms with Gasteiger partial charge < -0.3 is 19.4 Å². The third-order valence-electron chi connectivity index (χ3n) is 4.29. The van der Waals surface area contributed by atoms with E-state index in [1.165, 1.54) is 16.7 Å². The maximum atomic E-state index is 12.8. The third kappa shape index (κ3) is 3.74. The second kappa shape index (κ2) is 7.62. The average molecular weight is 318 g/mol. The van der Waals surface area contributed by atoms with Crippen molar-refractivity contribution in [1.82, 2.24) is 9.88 Å². The monoisotopic (exact) mass is 318 g/mol. The van der Waals surface area contributed by atoms with Crippen LogP contribution >= 0.6 is 0 Å². The molecule has 0 aliphatic rings. The van der Waals surface area contributed by atoms with Crippen molar-refractivity contribution in [3.63, 3.8) is 0 Å². The van der Waals surface area contributed by atoms with E-state index < -0.39 is 0 Å². The highest BCUT2D eigenvalue weighted by molar-refractivity contribution is 5.99. The van der Waals surface area contributed by atoms with E-state index in [4.69, 9.17) is 9.47 Å². The Bertz CT molecular complexity index is 683. The summed E-state index contributed by atoms with van der Waals surface area (Å²) < 4.78 is 10.2. The van der Waals surface area contributed by atoms with Gasteiger partial charge in [0.05, 0.1) is 13.2 Å². The lowest BCUT2D eigenvalue weighted by atomic mass is 10.0. The molecule has 1 aromatic carbocycles. The zero-order valence-electron chi connectivity index (χ0n) is 14.7. The predicted octanol–water partition coefficient (Wildman–Crippen LogP) is 2.83. The van der Waals surface area contributed by atoms with E-state index in [2.05, 4.69) is 31.8 Å². The summed E-state index contributed by atoms with van der Waals surface area (Å²) in [6.07, 6.45) is 0. The van der Waals surface area contributed by atoms with Gasteiger partial charge in [0.1, 0.15) is 5.69 Å². The molecule has 1 amide bonds. The minimum absolute atomic E-state index is 0.0215. The molecule has 0 aliphatic carbocycles. The van der Waals surface area contributed by atoms with Crippen LogP contribution in [0.25, 0.3) is 10.9 Å². The zero-order chi connectivity index (χ0) is 17.0. The topological polar surface area (TPSA) is 54.6 Å². The van der Waals surface area contributed by atoms with Gasteiger partial charge in [0, 0.05) is 38.2 Å². The van der Waals surface area contributed by atoms with Crippen LogP contribution in [0.2, 0.25) is 0 Å². The van der Waals surface area contributed by atoms with Crippen molar-refractivity contribution >= 4 is 16.8 Å². The van der Waals surface area contributed by atoms with E-state index in [9.17, 15) is 4.79 Å². The molecule has 0 spiro atoms. The number of hydrogen-bond acceptors (Lipinski definition) is 3. The number of H-pyrrole nitrogens is 1. The quantitative estimate of drug-likeness (QED) is 0.854. The molecule has 23 heavy (non-hydrogen) atoms. The highest BCUT2D eigenvalue weighted by Gasteiger charge is 2.19. The summed E-state index contributed by atoms with van der Waals surface area (Å²) in [5, 5.41) is 1.11. The molecule has 0 bridgehead atoms. The molecule has 0 saturated heterocycles. The van der Waals surface area contributed by atoms with E-state index in [0.29, 0.717) is 32.0 Å². The standard InChI is InChI=1S/C18H26N2O3/c1-12-10-13(2)15-11-16(19-17(15)14(12)3)18(21)20(6-8-22-4)7-9-23-5/h10-11,19H,6-9H2,1-5H3. The lowest BCUT2D eigenvalue weighted by molar-refractivity contribution is 0.0623. The maximum Gasteiger partial charge on any atom is 0.270 e. The molecular formula is C18H26N2O3. The Morgan fingerprint density at radius 3 is 2.22 bits per heavy atom. The van der Waals surface area contributed by atoms with Gasteiger partial charge in [-0.15, -0.1) is 0 Å². The molecule has 2 rings (SSSR count). The van der Waals surface area contributed by atoms with Gasteiger partial charge in [-0.25, -0.2) is 0 Å². The van der Waals surface area contributed by atoms with Gasteiger partial charge in [0.15, 0.2) is 0 Å². The van der Waals surface area contributed by atoms with Gasteiger partial charge >= 0.3 is 0 Å². The van der Waals surface area contributed by atoms with Gasteiger partial charge in [-0.05, 0) is 43.5 Å². The molecule has 0 unspecified atom stereocenters. The number of amides is 1. The number of ether oxygens (including phenoxy) is 2. The molecule has 1 aromatic heterocycles. The molecule has 5 nitrogen and oxygen atoms in total. The number of carbonyl (C=O) groups is 1. The number of aryl methyl sites for hydroxylation is 3. The zero-order valence-corrected chi connectivity index (χ0v) is 14.7. The summed E-state index contributed by atoms with van der Waals surface area (Å²) >= 11 is 0. The number of nitrogens with one attached hydrogen (secondary N) is 1. The lowest BCUT2D eigenvalue weighted by Gasteiger charge is -2.21. The van der Waals surface area contributed by atoms with Crippen LogP contribution < -0.4 is 0 Å². The van der Waals surface area contributed by atoms with Crippen LogP contribution in [0.5, 0.6) is 0 Å². The van der Waals surface area contributed by atoms with Gasteiger partial charge in [-0.1, -0.05) is 6.07 Å². The maximum absolute atomic E-state index is 12.8. The number of aromatic amines is 1. The summed E-state index contributed by atoms with van der Waals surface area (Å²) in [5.74, 6) is -0.0215. The summed E-state index contributed by atoms with van der Waals surface area (Å²) in [5.41, 5.74) is 5.25. The molecule has 2 aromatic rings. The van der Waals surface area contributed by atoms with Gasteiger partial charge in [0.2, 0.25) is 0 Å². The Hall–Kier alpha value is -1.85. The number of hydrogen-bond donors (Lipinski definition) is 1. The fourth-order valence-corrected chi connectivity index (χ4v) is 2.77. The minimum Gasteiger partial charge on any atom is -0.383 e. The first-order valence-corrected chi connectivity index (χ1v) is 7.86. The molecule has 0 saturated carbocycles. The Labute approximate surface area is 137 Å². The minimum atomic E-state index is -0.0215. The van der Waals surface area contributed by atoms with E-state index >= 15 is 0 Å². The number of methoxy groups -OCH3 is 2. The second-order valence-electron chi connectivity index (χ2n) is 5.88. The van der Waals surface area contributed by atoms with E-state index in [1.807, 2.05) is 6.07 Å². The van der Waals surface area contributed by atoms with Crippen LogP contribution in [-0.4, -0.2) is 56.3 Å². The Kier molecular flexibility index (Phi) is 5.80. The lowest BCUT2D eigenvalue weighted by Crippen LogP contribution is -2.36. The average Bonchev–Trinajstić information content (AvgIpc) is 2.98. The summed E-state index contributed by atoms with van der Waals surface area (Å²) in [6.45, 7) is 8.35. The first kappa shape index (κ1) is 17.5. The highest BCUT2D eigenvalue weighted by Crippen LogP contribution is 2.26. The number of fused-ring (bicyclic) bond motifs is 1. The number of aromatic nitrogens is 1. The second-order valence-corrected chi connectivity index (χ2v) is 5.88. The number of benzene rings is 1. The molecule has 0 radical (unpaired) electrons. The van der Waals surface area contributed by atoms with Crippen molar-refractivity contribution in [3.05, 3.63) is 34.5 Å². The third-order valence-corrected chi connectivity index (χ3v) is 4.29. The molecular weight excluding hydrogens is 292 g/mol. The van der Waals surface area contributed by atoms with Crippen molar-refractivity contribution in [3.8, 4) is 0 Å². The van der Waals surface area contributed by atoms with Crippen molar-refractivity contribution in [2.75, 3.05) is 40.5 Å². The first-order valence-electron chi connectivity index (χ1n) is 7.86. The van der Waals surface area contributed by atoms with Crippen LogP contribution in [0.1, 0.15) is 27.2 Å². The van der Waals surface area contributed by atoms with Crippen molar-refractivity contribution in [1.29, 1.82) is 0 Å². The largest absolute Gasteiger partial charge is 0.383 e. The molecule has 5 heteroatoms. The summed E-state index contributed by atoms with van der Waals surface area (Å²) in [7, 11) is 3.27. The first-order chi connectivity index (χ1) is 11.0. The fourth-order valence-electron chi connectivity index (χ4n) is 2.77. The molecule has 0 atom stereocenters. The van der Waals surface area contributed by atoms with Crippen molar-refractivity contribution in [2.24, 2.45) is 0 Å². The van der Waals surface area contributed by atoms with Crippen molar-refractivity contribution in [2.45, 2.75) is 20.8 Å². The van der Waals surface area contributed by atoms with Crippen LogP contribution in [0, 0.1) is 20.8 Å². The van der Waals surface area contributed by atoms with E-state index in [-0.39, 0.29) is 5.91 Å². The Morgan fingerprint density at radius 2 is 1.65 bits per heavy atom. The fraction of sp³-hybridized carbons (Fsp3) is 0.500. The molecule has 0 aliphatic heterocycles. The SMILES string of the molecule is COCCN(CCOC)C(=O)c1cc2c(C)cc(C)c(C)c2[nH]1. The van der Waals surface area contributed by atoms with Crippen molar-refractivity contribution < 1.29 is 14.3 Å². The number of carbonyl (C=O) groups excluding carboxylic acids is 1. The highest BCUT2D eigenvalue weighted by atomic mass is 16.5. The van der Waals surface area contributed by atoms with E-state index in [0.717, 1.165) is 10.9 Å². The Balaban J connectivity index is 2.35. The van der Waals surface area contributed by atoms with Crippen LogP contribution in [-0.2, 0) is 9.47 Å². The van der Waals surface area contributed by atoms with Crippen LogP contribution in [0.4, 0.5) is 0 Å². The van der Waals surface area contributed by atoms with Gasteiger partial charge in [0.25, 0.3) is 5.91 Å². The molecule has 1 heterocycles. The molecule has 126 valence electrons. The predicted molar refractivity (Wildman–Crippen MR) is 92.2 cm³/mol. The smallest absolute Gasteiger partial charge is 0.270 e. The van der Waals surface area contributed by atoms with Gasteiger partial charge in [-0.2, -0.15) is 0 Å². The summed E-state index contributed by atoms with van der Waals surface area (Å²) in [6, 6.07) is 4.11. The van der Waals surface area contributed by atoms with Crippen LogP contribution in [0.3, 0.4) is 0 Å². The van der Waals surface area contributed by atoms with E-state index in [1.54, 1.807) is 19.1 Å². The normalized spacial score (nSPS) is 11.2. The molecule has 1 N–H and O–H groups in total. The van der Waals surface area contributed by atoms with Crippen LogP contribution in [0.15, 0.2) is 12.1 Å². The Morgan fingerprint density at radius 1 is 1.04 bits per heavy atom. The molecule has 0 fully saturated rings. The summed E-state index contributed by atoms with van der Waals surface area (Å²) in [4.78, 5) is 17.9. The number of nitrogens with zero attached hydrogens (tertiary/aromatic N) is 1. The number of rotatable bonds is 7.